The fourth-order valence-corrected chi connectivity index (χ4v) is 7.92. The van der Waals surface area contributed by atoms with E-state index >= 15 is 0 Å². The van der Waals surface area contributed by atoms with Crippen LogP contribution in [0.3, 0.4) is 0 Å². The average molecular weight is 365 g/mol. The Kier molecular flexibility index (Phi) is 4.67. The minimum atomic E-state index is -0.539. The molecule has 4 nitrogen and oxygen atoms in total. The number of ether oxygens (including phenoxy) is 1. The molecular formula is C22H36O4. The van der Waals surface area contributed by atoms with Crippen LogP contribution >= 0.6 is 0 Å². The maximum absolute atomic E-state index is 11.3. The first kappa shape index (κ1) is 18.7. The van der Waals surface area contributed by atoms with Crippen LogP contribution in [0.5, 0.6) is 0 Å². The van der Waals surface area contributed by atoms with Gasteiger partial charge in [0, 0.05) is 6.92 Å². The van der Waals surface area contributed by atoms with Crippen molar-refractivity contribution in [3.8, 4) is 0 Å². The second kappa shape index (κ2) is 6.48. The standard InChI is InChI=1S/C22H36O4/c1-13(23)26-12-14-4-6-16-15-5-7-18-20(25)19(24)9-11-22(18,3)17(15)8-10-21(14,16)2/h14-20,24-25H,4-12H2,1-3H3/t14-,15+,16+,17+,18+,19-,20+,21-,22-/m1/s1. The van der Waals surface area contributed by atoms with Crippen molar-refractivity contribution in [2.75, 3.05) is 6.61 Å². The van der Waals surface area contributed by atoms with Gasteiger partial charge in [0.1, 0.15) is 0 Å². The predicted octanol–water partition coefficient (Wildman–Crippen LogP) is 3.54. The van der Waals surface area contributed by atoms with Gasteiger partial charge in [0.25, 0.3) is 0 Å². The molecular weight excluding hydrogens is 328 g/mol. The molecule has 0 aromatic heterocycles. The number of fused-ring (bicyclic) bond motifs is 5. The Hall–Kier alpha value is -0.610. The summed E-state index contributed by atoms with van der Waals surface area (Å²) in [5.41, 5.74) is 0.476. The van der Waals surface area contributed by atoms with Gasteiger partial charge >= 0.3 is 5.97 Å². The average Bonchev–Trinajstić information content (AvgIpc) is 2.93. The highest BCUT2D eigenvalue weighted by Gasteiger charge is 2.61. The van der Waals surface area contributed by atoms with Crippen LogP contribution in [0.4, 0.5) is 0 Å². The topological polar surface area (TPSA) is 66.8 Å². The largest absolute Gasteiger partial charge is 0.466 e. The number of carbonyl (C=O) groups is 1. The first-order chi connectivity index (χ1) is 12.3. The highest BCUT2D eigenvalue weighted by Crippen LogP contribution is 2.67. The van der Waals surface area contributed by atoms with Gasteiger partial charge in [0.2, 0.25) is 0 Å². The van der Waals surface area contributed by atoms with Crippen molar-refractivity contribution < 1.29 is 19.7 Å². The Morgan fingerprint density at radius 2 is 1.58 bits per heavy atom. The summed E-state index contributed by atoms with van der Waals surface area (Å²) in [4.78, 5) is 11.3. The van der Waals surface area contributed by atoms with Crippen LogP contribution in [0.25, 0.3) is 0 Å². The molecule has 148 valence electrons. The predicted molar refractivity (Wildman–Crippen MR) is 99.2 cm³/mol. The van der Waals surface area contributed by atoms with Gasteiger partial charge in [-0.25, -0.2) is 0 Å². The van der Waals surface area contributed by atoms with Gasteiger partial charge < -0.3 is 14.9 Å². The molecule has 0 unspecified atom stereocenters. The van der Waals surface area contributed by atoms with E-state index in [2.05, 4.69) is 13.8 Å². The van der Waals surface area contributed by atoms with Crippen molar-refractivity contribution >= 4 is 5.97 Å². The second-order valence-electron chi connectivity index (χ2n) is 10.3. The Balaban J connectivity index is 1.54. The summed E-state index contributed by atoms with van der Waals surface area (Å²) in [6.07, 6.45) is 7.85. The van der Waals surface area contributed by atoms with E-state index in [0.29, 0.717) is 23.9 Å². The molecule has 0 spiro atoms. The summed E-state index contributed by atoms with van der Waals surface area (Å²) >= 11 is 0. The molecule has 0 bridgehead atoms. The van der Waals surface area contributed by atoms with Crippen molar-refractivity contribution in [1.82, 2.24) is 0 Å². The van der Waals surface area contributed by atoms with Crippen molar-refractivity contribution in [2.24, 2.45) is 40.4 Å². The van der Waals surface area contributed by atoms with Crippen LogP contribution in [0.1, 0.15) is 72.1 Å². The molecule has 4 rings (SSSR count). The van der Waals surface area contributed by atoms with Gasteiger partial charge in [0.15, 0.2) is 0 Å². The van der Waals surface area contributed by atoms with Gasteiger partial charge in [-0.3, -0.25) is 4.79 Å². The lowest BCUT2D eigenvalue weighted by atomic mass is 9.44. The smallest absolute Gasteiger partial charge is 0.302 e. The molecule has 4 saturated carbocycles. The van der Waals surface area contributed by atoms with Crippen LogP contribution in [-0.2, 0) is 9.53 Å². The van der Waals surface area contributed by atoms with E-state index in [0.717, 1.165) is 31.1 Å². The van der Waals surface area contributed by atoms with E-state index in [1.807, 2.05) is 0 Å². The fraction of sp³-hybridized carbons (Fsp3) is 0.955. The molecule has 0 heterocycles. The van der Waals surface area contributed by atoms with Gasteiger partial charge in [-0.05, 0) is 91.8 Å². The molecule has 4 fully saturated rings. The molecule has 0 aromatic rings. The van der Waals surface area contributed by atoms with Gasteiger partial charge in [-0.1, -0.05) is 13.8 Å². The monoisotopic (exact) mass is 364 g/mol. The maximum atomic E-state index is 11.3. The third kappa shape index (κ3) is 2.66. The fourth-order valence-electron chi connectivity index (χ4n) is 7.92. The van der Waals surface area contributed by atoms with E-state index in [9.17, 15) is 15.0 Å². The molecule has 0 amide bonds. The lowest BCUT2D eigenvalue weighted by molar-refractivity contribution is -0.175. The van der Waals surface area contributed by atoms with Crippen LogP contribution in [0.2, 0.25) is 0 Å². The molecule has 0 saturated heterocycles. The summed E-state index contributed by atoms with van der Waals surface area (Å²) in [6, 6.07) is 0. The third-order valence-corrected chi connectivity index (χ3v) is 9.41. The summed E-state index contributed by atoms with van der Waals surface area (Å²) in [6.45, 7) is 6.95. The summed E-state index contributed by atoms with van der Waals surface area (Å²) in [5.74, 6) is 2.74. The zero-order valence-electron chi connectivity index (χ0n) is 16.6. The summed E-state index contributed by atoms with van der Waals surface area (Å²) in [7, 11) is 0. The number of hydrogen-bond acceptors (Lipinski definition) is 4. The zero-order chi connectivity index (χ0) is 18.7. The number of carbonyl (C=O) groups excluding carboxylic acids is 1. The molecule has 0 aromatic carbocycles. The highest BCUT2D eigenvalue weighted by atomic mass is 16.5. The third-order valence-electron chi connectivity index (χ3n) is 9.41. The number of esters is 1. The van der Waals surface area contributed by atoms with Crippen LogP contribution in [0.15, 0.2) is 0 Å². The van der Waals surface area contributed by atoms with Crippen LogP contribution < -0.4 is 0 Å². The first-order valence-electron chi connectivity index (χ1n) is 10.8. The van der Waals surface area contributed by atoms with E-state index in [1.54, 1.807) is 0 Å². The normalized spacial score (nSPS) is 53.3. The highest BCUT2D eigenvalue weighted by molar-refractivity contribution is 5.65. The molecule has 9 atom stereocenters. The summed E-state index contributed by atoms with van der Waals surface area (Å²) in [5, 5.41) is 20.8. The second-order valence-corrected chi connectivity index (χ2v) is 10.3. The number of rotatable bonds is 2. The molecule has 26 heavy (non-hydrogen) atoms. The van der Waals surface area contributed by atoms with Crippen molar-refractivity contribution in [3.63, 3.8) is 0 Å². The molecule has 4 aliphatic carbocycles. The maximum Gasteiger partial charge on any atom is 0.302 e. The Morgan fingerprint density at radius 3 is 2.31 bits per heavy atom. The Morgan fingerprint density at radius 1 is 0.923 bits per heavy atom. The Bertz CT molecular complexity index is 562. The first-order valence-corrected chi connectivity index (χ1v) is 10.8. The van der Waals surface area contributed by atoms with Crippen molar-refractivity contribution in [1.29, 1.82) is 0 Å². The lowest BCUT2D eigenvalue weighted by Gasteiger charge is -2.61. The Labute approximate surface area is 157 Å². The van der Waals surface area contributed by atoms with E-state index in [4.69, 9.17) is 4.74 Å². The minimum Gasteiger partial charge on any atom is -0.466 e. The van der Waals surface area contributed by atoms with Gasteiger partial charge in [0.05, 0.1) is 18.8 Å². The van der Waals surface area contributed by atoms with Crippen molar-refractivity contribution in [3.05, 3.63) is 0 Å². The van der Waals surface area contributed by atoms with Crippen LogP contribution in [-0.4, -0.2) is 35.0 Å². The molecule has 0 radical (unpaired) electrons. The van der Waals surface area contributed by atoms with Crippen LogP contribution in [0, 0.1) is 40.4 Å². The summed E-state index contributed by atoms with van der Waals surface area (Å²) < 4.78 is 5.41. The van der Waals surface area contributed by atoms with E-state index in [1.165, 1.54) is 39.0 Å². The minimum absolute atomic E-state index is 0.159. The quantitative estimate of drug-likeness (QED) is 0.736. The number of hydrogen-bond donors (Lipinski definition) is 2. The molecule has 4 aliphatic rings. The number of aliphatic hydroxyl groups excluding tert-OH is 2. The molecule has 0 aliphatic heterocycles. The lowest BCUT2D eigenvalue weighted by Crippen LogP contribution is -2.58. The zero-order valence-corrected chi connectivity index (χ0v) is 16.6. The SMILES string of the molecule is CC(=O)OC[C@H]1CC[C@H]2[C@@H]3CC[C@H]4[C@H](O)[C@H](O)CC[C@]4(C)[C@H]3CC[C@]12C. The van der Waals surface area contributed by atoms with Gasteiger partial charge in [-0.15, -0.1) is 0 Å². The molecule has 4 heteroatoms. The van der Waals surface area contributed by atoms with Gasteiger partial charge in [-0.2, -0.15) is 0 Å². The number of aliphatic hydroxyl groups is 2. The molecule has 2 N–H and O–H groups in total. The van der Waals surface area contributed by atoms with E-state index < -0.39 is 12.2 Å². The van der Waals surface area contributed by atoms with Crippen molar-refractivity contribution in [2.45, 2.75) is 84.3 Å². The van der Waals surface area contributed by atoms with E-state index in [-0.39, 0.29) is 17.3 Å².